The zero-order valence-electron chi connectivity index (χ0n) is 11.0. The van der Waals surface area contributed by atoms with Crippen LogP contribution in [0, 0.1) is 25.2 Å². The van der Waals surface area contributed by atoms with Crippen molar-refractivity contribution in [3.05, 3.63) is 58.7 Å². The molecule has 0 radical (unpaired) electrons. The standard InChI is InChI=1S/C16H12F3N/c1-10-6-11(2)8-13(7-10)15-12(9-20)4-3-5-14(15)16(17,18)19/h3-8H,1-2H3. The molecule has 20 heavy (non-hydrogen) atoms. The first kappa shape index (κ1) is 14.1. The molecule has 0 spiro atoms. The van der Waals surface area contributed by atoms with Gasteiger partial charge in [0.25, 0.3) is 0 Å². The fourth-order valence-corrected chi connectivity index (χ4v) is 2.31. The second-order valence-electron chi connectivity index (χ2n) is 4.71. The predicted octanol–water partition coefficient (Wildman–Crippen LogP) is 4.86. The second kappa shape index (κ2) is 5.01. The molecule has 0 aliphatic rings. The Bertz CT molecular complexity index is 674. The SMILES string of the molecule is Cc1cc(C)cc(-c2c(C#N)cccc2C(F)(F)F)c1. The average Bonchev–Trinajstić information content (AvgIpc) is 2.35. The molecule has 2 aromatic carbocycles. The number of nitrogens with zero attached hydrogens (tertiary/aromatic N) is 1. The third-order valence-electron chi connectivity index (χ3n) is 3.00. The van der Waals surface area contributed by atoms with E-state index >= 15 is 0 Å². The molecule has 0 aliphatic carbocycles. The molecule has 4 heteroatoms. The molecule has 0 N–H and O–H groups in total. The Labute approximate surface area is 115 Å². The zero-order valence-corrected chi connectivity index (χ0v) is 11.0. The Morgan fingerprint density at radius 1 is 1.00 bits per heavy atom. The number of hydrogen-bond donors (Lipinski definition) is 0. The van der Waals surface area contributed by atoms with E-state index in [2.05, 4.69) is 0 Å². The Hall–Kier alpha value is -2.28. The number of alkyl halides is 3. The van der Waals surface area contributed by atoms with Crippen molar-refractivity contribution in [3.63, 3.8) is 0 Å². The van der Waals surface area contributed by atoms with Gasteiger partial charge in [-0.1, -0.05) is 35.4 Å². The molecule has 0 amide bonds. The van der Waals surface area contributed by atoms with Crippen molar-refractivity contribution in [1.29, 1.82) is 5.26 Å². The Balaban J connectivity index is 2.81. The van der Waals surface area contributed by atoms with Gasteiger partial charge in [0.15, 0.2) is 0 Å². The van der Waals surface area contributed by atoms with Gasteiger partial charge in [-0.05, 0) is 31.5 Å². The minimum Gasteiger partial charge on any atom is -0.192 e. The van der Waals surface area contributed by atoms with Gasteiger partial charge in [0.05, 0.1) is 17.2 Å². The number of benzene rings is 2. The van der Waals surface area contributed by atoms with Crippen molar-refractivity contribution in [2.75, 3.05) is 0 Å². The molecule has 0 atom stereocenters. The van der Waals surface area contributed by atoms with E-state index in [1.165, 1.54) is 12.1 Å². The highest BCUT2D eigenvalue weighted by Gasteiger charge is 2.34. The molecule has 0 saturated carbocycles. The molecule has 0 aliphatic heterocycles. The first-order valence-electron chi connectivity index (χ1n) is 6.02. The van der Waals surface area contributed by atoms with Crippen LogP contribution in [0.3, 0.4) is 0 Å². The van der Waals surface area contributed by atoms with Crippen molar-refractivity contribution in [2.24, 2.45) is 0 Å². The van der Waals surface area contributed by atoms with E-state index in [4.69, 9.17) is 5.26 Å². The molecule has 0 heterocycles. The fraction of sp³-hybridized carbons (Fsp3) is 0.188. The van der Waals surface area contributed by atoms with Crippen LogP contribution in [0.5, 0.6) is 0 Å². The first-order valence-corrected chi connectivity index (χ1v) is 6.02. The third kappa shape index (κ3) is 2.67. The predicted molar refractivity (Wildman–Crippen MR) is 71.1 cm³/mol. The van der Waals surface area contributed by atoms with Gasteiger partial charge in [-0.25, -0.2) is 0 Å². The number of aryl methyl sites for hydroxylation is 2. The summed E-state index contributed by atoms with van der Waals surface area (Å²) in [7, 11) is 0. The molecule has 2 rings (SSSR count). The molecule has 0 saturated heterocycles. The van der Waals surface area contributed by atoms with Gasteiger partial charge < -0.3 is 0 Å². The van der Waals surface area contributed by atoms with Crippen LogP contribution in [0.4, 0.5) is 13.2 Å². The fourth-order valence-electron chi connectivity index (χ4n) is 2.31. The molecule has 1 nitrogen and oxygen atoms in total. The van der Waals surface area contributed by atoms with E-state index in [1.807, 2.05) is 26.0 Å². The van der Waals surface area contributed by atoms with Crippen molar-refractivity contribution < 1.29 is 13.2 Å². The number of nitriles is 1. The van der Waals surface area contributed by atoms with Crippen molar-refractivity contribution in [2.45, 2.75) is 20.0 Å². The third-order valence-corrected chi connectivity index (χ3v) is 3.00. The molecule has 2 aromatic rings. The van der Waals surface area contributed by atoms with Gasteiger partial charge in [0.2, 0.25) is 0 Å². The largest absolute Gasteiger partial charge is 0.417 e. The summed E-state index contributed by atoms with van der Waals surface area (Å²) in [4.78, 5) is 0. The lowest BCUT2D eigenvalue weighted by Crippen LogP contribution is -2.08. The maximum absolute atomic E-state index is 13.1. The lowest BCUT2D eigenvalue weighted by Gasteiger charge is -2.15. The lowest BCUT2D eigenvalue weighted by molar-refractivity contribution is -0.137. The van der Waals surface area contributed by atoms with E-state index in [0.29, 0.717) is 5.56 Å². The molecule has 0 unspecified atom stereocenters. The van der Waals surface area contributed by atoms with E-state index < -0.39 is 11.7 Å². The van der Waals surface area contributed by atoms with Crippen molar-refractivity contribution in [1.82, 2.24) is 0 Å². The summed E-state index contributed by atoms with van der Waals surface area (Å²) in [5, 5.41) is 9.09. The van der Waals surface area contributed by atoms with E-state index in [-0.39, 0.29) is 11.1 Å². The molecule has 102 valence electrons. The molecule has 0 bridgehead atoms. The van der Waals surface area contributed by atoms with Gasteiger partial charge in [0, 0.05) is 5.56 Å². The highest BCUT2D eigenvalue weighted by molar-refractivity contribution is 5.75. The molecule has 0 fully saturated rings. The highest BCUT2D eigenvalue weighted by atomic mass is 19.4. The number of rotatable bonds is 1. The normalized spacial score (nSPS) is 11.2. The monoisotopic (exact) mass is 275 g/mol. The van der Waals surface area contributed by atoms with Crippen LogP contribution in [-0.2, 0) is 6.18 Å². The summed E-state index contributed by atoms with van der Waals surface area (Å²) in [5.74, 6) is 0. The maximum Gasteiger partial charge on any atom is 0.417 e. The molecule has 0 aromatic heterocycles. The summed E-state index contributed by atoms with van der Waals surface area (Å²) in [6.45, 7) is 3.64. The van der Waals surface area contributed by atoms with Gasteiger partial charge >= 0.3 is 6.18 Å². The summed E-state index contributed by atoms with van der Waals surface area (Å²) in [5.41, 5.74) is 1.36. The van der Waals surface area contributed by atoms with Gasteiger partial charge in [-0.15, -0.1) is 0 Å². The minimum absolute atomic E-state index is 0.0322. The highest BCUT2D eigenvalue weighted by Crippen LogP contribution is 2.39. The van der Waals surface area contributed by atoms with Crippen LogP contribution < -0.4 is 0 Å². The van der Waals surface area contributed by atoms with Crippen LogP contribution in [0.15, 0.2) is 36.4 Å². The zero-order chi connectivity index (χ0) is 14.9. The topological polar surface area (TPSA) is 23.8 Å². The van der Waals surface area contributed by atoms with Crippen LogP contribution in [0.1, 0.15) is 22.3 Å². The van der Waals surface area contributed by atoms with Crippen molar-refractivity contribution in [3.8, 4) is 17.2 Å². The summed E-state index contributed by atoms with van der Waals surface area (Å²) < 4.78 is 39.4. The van der Waals surface area contributed by atoms with Crippen LogP contribution in [0.2, 0.25) is 0 Å². The molecular formula is C16H12F3N. The summed E-state index contributed by atoms with van der Waals surface area (Å²) in [6, 6.07) is 10.7. The second-order valence-corrected chi connectivity index (χ2v) is 4.71. The van der Waals surface area contributed by atoms with Gasteiger partial charge in [0.1, 0.15) is 0 Å². The molecular weight excluding hydrogens is 263 g/mol. The van der Waals surface area contributed by atoms with E-state index in [0.717, 1.165) is 17.2 Å². The Kier molecular flexibility index (Phi) is 3.54. The van der Waals surface area contributed by atoms with Gasteiger partial charge in [-0.2, -0.15) is 18.4 Å². The Morgan fingerprint density at radius 3 is 2.10 bits per heavy atom. The number of hydrogen-bond acceptors (Lipinski definition) is 1. The van der Waals surface area contributed by atoms with Crippen molar-refractivity contribution >= 4 is 0 Å². The van der Waals surface area contributed by atoms with Crippen LogP contribution >= 0.6 is 0 Å². The first-order chi connectivity index (χ1) is 9.32. The van der Waals surface area contributed by atoms with Gasteiger partial charge in [-0.3, -0.25) is 0 Å². The smallest absolute Gasteiger partial charge is 0.192 e. The lowest BCUT2D eigenvalue weighted by atomic mass is 9.92. The number of halogens is 3. The summed E-state index contributed by atoms with van der Waals surface area (Å²) >= 11 is 0. The quantitative estimate of drug-likeness (QED) is 0.729. The average molecular weight is 275 g/mol. The van der Waals surface area contributed by atoms with E-state index in [9.17, 15) is 13.2 Å². The minimum atomic E-state index is -4.49. The Morgan fingerprint density at radius 2 is 1.60 bits per heavy atom. The van der Waals surface area contributed by atoms with E-state index in [1.54, 1.807) is 12.1 Å². The maximum atomic E-state index is 13.1. The van der Waals surface area contributed by atoms with Crippen LogP contribution in [-0.4, -0.2) is 0 Å². The summed E-state index contributed by atoms with van der Waals surface area (Å²) in [6.07, 6.45) is -4.49. The van der Waals surface area contributed by atoms with Crippen LogP contribution in [0.25, 0.3) is 11.1 Å².